The third-order valence-electron chi connectivity index (χ3n) is 11.2. The van der Waals surface area contributed by atoms with Crippen LogP contribution in [0.25, 0.3) is 29.9 Å². The first-order valence-corrected chi connectivity index (χ1v) is 23.2. The second-order valence-corrected chi connectivity index (χ2v) is 20.2. The van der Waals surface area contributed by atoms with Crippen LogP contribution in [0.1, 0.15) is 150 Å². The molecule has 0 radical (unpaired) electrons. The van der Waals surface area contributed by atoms with Gasteiger partial charge in [0.05, 0.1) is 44.3 Å². The summed E-state index contributed by atoms with van der Waals surface area (Å²) >= 11 is 5.05. The van der Waals surface area contributed by atoms with Crippen LogP contribution in [0.15, 0.2) is 42.5 Å². The maximum atomic E-state index is 14.4. The van der Waals surface area contributed by atoms with E-state index in [0.717, 1.165) is 77.4 Å². The first-order chi connectivity index (χ1) is 26.4. The van der Waals surface area contributed by atoms with Crippen molar-refractivity contribution in [2.24, 2.45) is 23.7 Å². The van der Waals surface area contributed by atoms with Crippen LogP contribution in [0.4, 0.5) is 5.69 Å². The van der Waals surface area contributed by atoms with Gasteiger partial charge in [-0.05, 0) is 80.0 Å². The van der Waals surface area contributed by atoms with Crippen LogP contribution < -0.4 is 14.4 Å². The van der Waals surface area contributed by atoms with Gasteiger partial charge >= 0.3 is 0 Å². The van der Waals surface area contributed by atoms with Crippen molar-refractivity contribution in [1.82, 2.24) is 0 Å². The second kappa shape index (κ2) is 18.4. The predicted octanol–water partition coefficient (Wildman–Crippen LogP) is 14.9. The maximum absolute atomic E-state index is 14.4. The molecule has 0 N–H and O–H groups in total. The van der Waals surface area contributed by atoms with E-state index in [4.69, 9.17) is 9.47 Å². The smallest absolute Gasteiger partial charge is 0.267 e. The summed E-state index contributed by atoms with van der Waals surface area (Å²) < 4.78 is 15.9. The van der Waals surface area contributed by atoms with Crippen molar-refractivity contribution >= 4 is 71.7 Å². The Morgan fingerprint density at radius 1 is 0.655 bits per heavy atom. The first-order valence-electron chi connectivity index (χ1n) is 20.7. The highest BCUT2D eigenvalue weighted by atomic mass is 32.1. The lowest BCUT2D eigenvalue weighted by Crippen LogP contribution is -2.29. The highest BCUT2D eigenvalue weighted by Crippen LogP contribution is 2.54. The first kappa shape index (κ1) is 41.4. The number of rotatable bonds is 20. The van der Waals surface area contributed by atoms with Gasteiger partial charge in [-0.3, -0.25) is 9.59 Å². The summed E-state index contributed by atoms with van der Waals surface area (Å²) in [5, 5.41) is 2.14. The number of imide groups is 1. The zero-order valence-electron chi connectivity index (χ0n) is 34.5. The van der Waals surface area contributed by atoms with Crippen LogP contribution in [-0.2, 0) is 0 Å². The third-order valence-corrected chi connectivity index (χ3v) is 15.0. The van der Waals surface area contributed by atoms with E-state index in [2.05, 4.69) is 74.4 Å². The fourth-order valence-electron chi connectivity index (χ4n) is 7.68. The molecule has 1 aliphatic heterocycles. The molecule has 4 heterocycles. The summed E-state index contributed by atoms with van der Waals surface area (Å²) in [6, 6.07) is 13.8. The van der Waals surface area contributed by atoms with Crippen molar-refractivity contribution in [2.75, 3.05) is 18.1 Å². The van der Waals surface area contributed by atoms with Crippen LogP contribution in [0.5, 0.6) is 11.5 Å². The summed E-state index contributed by atoms with van der Waals surface area (Å²) in [6.45, 7) is 21.6. The minimum Gasteiger partial charge on any atom is -0.491 e. The molecule has 8 heteroatoms. The van der Waals surface area contributed by atoms with Crippen LogP contribution in [-0.4, -0.2) is 25.0 Å². The van der Waals surface area contributed by atoms with E-state index in [-0.39, 0.29) is 17.7 Å². The molecule has 3 aromatic heterocycles. The van der Waals surface area contributed by atoms with E-state index >= 15 is 0 Å². The van der Waals surface area contributed by atoms with Crippen LogP contribution in [0.3, 0.4) is 0 Å². The molecule has 0 spiro atoms. The molecule has 1 aliphatic rings. The number of hydrogen-bond donors (Lipinski definition) is 0. The van der Waals surface area contributed by atoms with E-state index in [1.54, 1.807) is 34.0 Å². The molecule has 6 rings (SSSR count). The molecule has 0 fully saturated rings. The predicted molar refractivity (Wildman–Crippen MR) is 237 cm³/mol. The number of amides is 2. The van der Waals surface area contributed by atoms with E-state index in [1.807, 2.05) is 30.3 Å². The quantitative estimate of drug-likeness (QED) is 0.0736. The third kappa shape index (κ3) is 9.18. The van der Waals surface area contributed by atoms with Crippen molar-refractivity contribution in [3.05, 3.63) is 63.3 Å². The standard InChI is InChI=1S/C47H61NO4S3/c1-10-32(8)42-38-39(47(50)48(46(38)49)34-20-12-11-13-21-34)45(55-42)37-27-36-41(52-25-23-31(7)19-15-17-29(4)5)43-35(26-33(9)53-43)40(44(36)54-37)51-24-22-30(6)18-14-16-28(2)3/h11-13,20-21,26-32H,10,14-19,22-25H2,1-9H3. The van der Waals surface area contributed by atoms with E-state index in [0.29, 0.717) is 41.9 Å². The lowest BCUT2D eigenvalue weighted by Gasteiger charge is -2.17. The molecule has 3 unspecified atom stereocenters. The van der Waals surface area contributed by atoms with Gasteiger partial charge in [-0.1, -0.05) is 112 Å². The Bertz CT molecular complexity index is 2010. The summed E-state index contributed by atoms with van der Waals surface area (Å²) in [5.41, 5.74) is 1.71. The fraction of sp³-hybridized carbons (Fsp3) is 0.532. The number of aryl methyl sites for hydroxylation is 1. The Hall–Kier alpha value is -3.20. The van der Waals surface area contributed by atoms with Crippen molar-refractivity contribution in [1.29, 1.82) is 0 Å². The van der Waals surface area contributed by atoms with Gasteiger partial charge in [0.15, 0.2) is 0 Å². The molecule has 0 saturated carbocycles. The van der Waals surface area contributed by atoms with Gasteiger partial charge in [0, 0.05) is 25.4 Å². The van der Waals surface area contributed by atoms with Gasteiger partial charge in [0.2, 0.25) is 0 Å². The highest BCUT2D eigenvalue weighted by molar-refractivity contribution is 7.27. The number of fused-ring (bicyclic) bond motifs is 3. The Labute approximate surface area is 341 Å². The number of carbonyl (C=O) groups is 2. The molecular weight excluding hydrogens is 739 g/mol. The number of carbonyl (C=O) groups excluding carboxylic acids is 2. The number of hydrogen-bond acceptors (Lipinski definition) is 7. The van der Waals surface area contributed by atoms with Crippen LogP contribution >= 0.6 is 34.0 Å². The number of nitrogens with zero attached hydrogens (tertiary/aromatic N) is 1. The monoisotopic (exact) mass is 799 g/mol. The van der Waals surface area contributed by atoms with Gasteiger partial charge in [-0.2, -0.15) is 0 Å². The molecule has 296 valence electrons. The Morgan fingerprint density at radius 3 is 1.76 bits per heavy atom. The minimum atomic E-state index is -0.244. The number of para-hydroxylation sites is 1. The average Bonchev–Trinajstić information content (AvgIpc) is 3.91. The van der Waals surface area contributed by atoms with E-state index in [1.165, 1.54) is 48.3 Å². The topological polar surface area (TPSA) is 55.8 Å². The maximum Gasteiger partial charge on any atom is 0.267 e. The largest absolute Gasteiger partial charge is 0.491 e. The van der Waals surface area contributed by atoms with Gasteiger partial charge in [-0.15, -0.1) is 34.0 Å². The van der Waals surface area contributed by atoms with Gasteiger partial charge in [0.1, 0.15) is 11.5 Å². The minimum absolute atomic E-state index is 0.144. The SMILES string of the molecule is CCC(C)c1sc(-c2cc3c(OCCC(C)CCCC(C)C)c4sc(C)cc4c(OCCC(C)CCCC(C)C)c3s2)c2c1C(=O)N(c1ccccc1)C2=O. The van der Waals surface area contributed by atoms with E-state index in [9.17, 15) is 9.59 Å². The van der Waals surface area contributed by atoms with E-state index < -0.39 is 0 Å². The number of ether oxygens (including phenoxy) is 2. The summed E-state index contributed by atoms with van der Waals surface area (Å²) in [4.78, 5) is 34.0. The van der Waals surface area contributed by atoms with Crippen molar-refractivity contribution in [3.63, 3.8) is 0 Å². The molecule has 0 saturated heterocycles. The summed E-state index contributed by atoms with van der Waals surface area (Å²) in [5.74, 6) is 4.14. The van der Waals surface area contributed by atoms with Crippen molar-refractivity contribution in [3.8, 4) is 21.3 Å². The van der Waals surface area contributed by atoms with Crippen LogP contribution in [0.2, 0.25) is 0 Å². The number of thiophene rings is 3. The lowest BCUT2D eigenvalue weighted by molar-refractivity contribution is 0.0926. The average molecular weight is 800 g/mol. The molecule has 3 atom stereocenters. The van der Waals surface area contributed by atoms with Gasteiger partial charge in [-0.25, -0.2) is 4.90 Å². The number of anilines is 1. The molecule has 2 aromatic carbocycles. The summed E-state index contributed by atoms with van der Waals surface area (Å²) in [7, 11) is 0. The lowest BCUT2D eigenvalue weighted by atomic mass is 9.97. The molecule has 0 aliphatic carbocycles. The van der Waals surface area contributed by atoms with Crippen molar-refractivity contribution in [2.45, 2.75) is 126 Å². The molecule has 5 aromatic rings. The van der Waals surface area contributed by atoms with Gasteiger partial charge < -0.3 is 9.47 Å². The normalized spacial score (nSPS) is 14.9. The molecule has 0 bridgehead atoms. The van der Waals surface area contributed by atoms with Gasteiger partial charge in [0.25, 0.3) is 11.8 Å². The Morgan fingerprint density at radius 2 is 1.20 bits per heavy atom. The molecular formula is C47H61NO4S3. The van der Waals surface area contributed by atoms with Crippen molar-refractivity contribution < 1.29 is 19.1 Å². The summed E-state index contributed by atoms with van der Waals surface area (Å²) in [6.07, 6.45) is 10.3. The highest BCUT2D eigenvalue weighted by Gasteiger charge is 2.44. The zero-order chi connectivity index (χ0) is 39.4. The Kier molecular flexibility index (Phi) is 13.8. The van der Waals surface area contributed by atoms with Crippen LogP contribution in [0, 0.1) is 30.6 Å². The fourth-order valence-corrected chi connectivity index (χ4v) is 11.4. The zero-order valence-corrected chi connectivity index (χ0v) is 37.0. The second-order valence-electron chi connectivity index (χ2n) is 16.9. The molecule has 55 heavy (non-hydrogen) atoms. The molecule has 2 amide bonds. The number of benzene rings is 2. The Balaban J connectivity index is 1.42. The molecule has 5 nitrogen and oxygen atoms in total.